The zero-order chi connectivity index (χ0) is 14.4. The summed E-state index contributed by atoms with van der Waals surface area (Å²) >= 11 is 0. The average Bonchev–Trinajstić information content (AvgIpc) is 2.73. The first-order chi connectivity index (χ1) is 9.71. The number of para-hydroxylation sites is 2. The minimum Gasteiger partial charge on any atom is -0.495 e. The molecule has 1 aromatic carbocycles. The lowest BCUT2D eigenvalue weighted by atomic mass is 9.81. The Balaban J connectivity index is 2.15. The molecule has 1 aliphatic carbocycles. The predicted octanol–water partition coefficient (Wildman–Crippen LogP) is 3.67. The molecule has 0 aromatic heterocycles. The van der Waals surface area contributed by atoms with Gasteiger partial charge in [-0.1, -0.05) is 37.8 Å². The van der Waals surface area contributed by atoms with E-state index >= 15 is 0 Å². The van der Waals surface area contributed by atoms with E-state index in [0.717, 1.165) is 30.8 Å². The zero-order valence-corrected chi connectivity index (χ0v) is 12.6. The Hall–Kier alpha value is -1.51. The van der Waals surface area contributed by atoms with Gasteiger partial charge in [-0.15, -0.1) is 0 Å². The third-order valence-electron chi connectivity index (χ3n) is 4.40. The molecule has 0 heterocycles. The van der Waals surface area contributed by atoms with Crippen LogP contribution in [-0.2, 0) is 4.79 Å². The monoisotopic (exact) mass is 275 g/mol. The fourth-order valence-corrected chi connectivity index (χ4v) is 3.25. The number of anilines is 1. The van der Waals surface area contributed by atoms with Crippen LogP contribution in [0.5, 0.6) is 5.75 Å². The maximum absolute atomic E-state index is 11.7. The van der Waals surface area contributed by atoms with Crippen LogP contribution in [0.4, 0.5) is 5.69 Å². The van der Waals surface area contributed by atoms with Crippen molar-refractivity contribution in [2.75, 3.05) is 25.6 Å². The highest BCUT2D eigenvalue weighted by molar-refractivity contribution is 5.64. The van der Waals surface area contributed by atoms with Gasteiger partial charge >= 0.3 is 0 Å². The van der Waals surface area contributed by atoms with Gasteiger partial charge in [0.2, 0.25) is 0 Å². The van der Waals surface area contributed by atoms with E-state index in [4.69, 9.17) is 4.74 Å². The number of benzene rings is 1. The fraction of sp³-hybridized carbons (Fsp3) is 0.588. The minimum absolute atomic E-state index is 0.188. The number of carbonyl (C=O) groups is 1. The topological polar surface area (TPSA) is 29.5 Å². The lowest BCUT2D eigenvalue weighted by Crippen LogP contribution is -2.37. The third-order valence-corrected chi connectivity index (χ3v) is 4.40. The standard InChI is InChI=1S/C17H25NO2/c1-18(15-9-5-6-10-16(15)20-2)13-17(14-19)11-7-3-4-8-12-17/h5-6,9-10,14H,3-4,7-8,11-13H2,1-2H3. The first-order valence-electron chi connectivity index (χ1n) is 7.51. The predicted molar refractivity (Wildman–Crippen MR) is 82.5 cm³/mol. The van der Waals surface area contributed by atoms with Crippen LogP contribution in [0, 0.1) is 5.41 Å². The molecule has 110 valence electrons. The largest absolute Gasteiger partial charge is 0.495 e. The van der Waals surface area contributed by atoms with E-state index in [1.165, 1.54) is 32.0 Å². The highest BCUT2D eigenvalue weighted by Gasteiger charge is 2.32. The molecule has 1 aliphatic rings. The lowest BCUT2D eigenvalue weighted by molar-refractivity contribution is -0.116. The van der Waals surface area contributed by atoms with Crippen LogP contribution in [0.2, 0.25) is 0 Å². The molecule has 0 spiro atoms. The van der Waals surface area contributed by atoms with Gasteiger partial charge in [-0.3, -0.25) is 0 Å². The van der Waals surface area contributed by atoms with Crippen molar-refractivity contribution >= 4 is 12.0 Å². The van der Waals surface area contributed by atoms with Crippen molar-refractivity contribution in [1.82, 2.24) is 0 Å². The molecule has 0 saturated heterocycles. The summed E-state index contributed by atoms with van der Waals surface area (Å²) in [4.78, 5) is 13.9. The second kappa shape index (κ2) is 6.78. The summed E-state index contributed by atoms with van der Waals surface area (Å²) in [5, 5.41) is 0. The minimum atomic E-state index is -0.188. The molecule has 0 radical (unpaired) electrons. The van der Waals surface area contributed by atoms with Crippen molar-refractivity contribution < 1.29 is 9.53 Å². The van der Waals surface area contributed by atoms with Crippen LogP contribution in [0.15, 0.2) is 24.3 Å². The van der Waals surface area contributed by atoms with Gasteiger partial charge in [-0.05, 0) is 25.0 Å². The number of ether oxygens (including phenoxy) is 1. The highest BCUT2D eigenvalue weighted by Crippen LogP contribution is 2.36. The maximum Gasteiger partial charge on any atom is 0.142 e. The third kappa shape index (κ3) is 3.33. The van der Waals surface area contributed by atoms with E-state index in [0.29, 0.717) is 0 Å². The first kappa shape index (κ1) is 14.9. The molecule has 1 aromatic rings. The Morgan fingerprint density at radius 1 is 1.20 bits per heavy atom. The first-order valence-corrected chi connectivity index (χ1v) is 7.51. The molecular weight excluding hydrogens is 250 g/mol. The summed E-state index contributed by atoms with van der Waals surface area (Å²) in [6, 6.07) is 7.99. The molecule has 1 fully saturated rings. The van der Waals surface area contributed by atoms with Gasteiger partial charge in [0.1, 0.15) is 12.0 Å². The molecule has 0 aliphatic heterocycles. The molecule has 3 nitrogen and oxygen atoms in total. The Bertz CT molecular complexity index is 436. The number of methoxy groups -OCH3 is 1. The fourth-order valence-electron chi connectivity index (χ4n) is 3.25. The van der Waals surface area contributed by atoms with Crippen molar-refractivity contribution in [1.29, 1.82) is 0 Å². The van der Waals surface area contributed by atoms with Gasteiger partial charge in [0.15, 0.2) is 0 Å². The van der Waals surface area contributed by atoms with Crippen molar-refractivity contribution in [2.45, 2.75) is 38.5 Å². The van der Waals surface area contributed by atoms with Crippen LogP contribution in [-0.4, -0.2) is 27.0 Å². The number of aldehydes is 1. The van der Waals surface area contributed by atoms with Crippen molar-refractivity contribution in [3.05, 3.63) is 24.3 Å². The van der Waals surface area contributed by atoms with Gasteiger partial charge in [0, 0.05) is 19.0 Å². The molecule has 0 N–H and O–H groups in total. The number of carbonyl (C=O) groups excluding carboxylic acids is 1. The molecule has 0 bridgehead atoms. The summed E-state index contributed by atoms with van der Waals surface area (Å²) in [7, 11) is 3.74. The molecule has 2 rings (SSSR count). The lowest BCUT2D eigenvalue weighted by Gasteiger charge is -2.33. The highest BCUT2D eigenvalue weighted by atomic mass is 16.5. The second-order valence-electron chi connectivity index (χ2n) is 5.92. The van der Waals surface area contributed by atoms with Gasteiger partial charge in [-0.2, -0.15) is 0 Å². The summed E-state index contributed by atoms with van der Waals surface area (Å²) in [6.45, 7) is 0.775. The van der Waals surface area contributed by atoms with Gasteiger partial charge in [0.05, 0.1) is 12.8 Å². The van der Waals surface area contributed by atoms with E-state index in [2.05, 4.69) is 4.90 Å². The van der Waals surface area contributed by atoms with Gasteiger partial charge in [0.25, 0.3) is 0 Å². The normalized spacial score (nSPS) is 18.1. The van der Waals surface area contributed by atoms with Gasteiger partial charge < -0.3 is 14.4 Å². The summed E-state index contributed by atoms with van der Waals surface area (Å²) in [5.74, 6) is 0.865. The quantitative estimate of drug-likeness (QED) is 0.606. The molecule has 1 saturated carbocycles. The summed E-state index contributed by atoms with van der Waals surface area (Å²) in [5.41, 5.74) is 0.868. The number of nitrogens with zero attached hydrogens (tertiary/aromatic N) is 1. The molecule has 20 heavy (non-hydrogen) atoms. The number of rotatable bonds is 5. The summed E-state index contributed by atoms with van der Waals surface area (Å²) in [6.07, 6.45) is 8.06. The van der Waals surface area contributed by atoms with Crippen LogP contribution < -0.4 is 9.64 Å². The average molecular weight is 275 g/mol. The van der Waals surface area contributed by atoms with E-state index in [9.17, 15) is 4.79 Å². The molecule has 3 heteroatoms. The van der Waals surface area contributed by atoms with Crippen LogP contribution in [0.3, 0.4) is 0 Å². The number of hydrogen-bond donors (Lipinski definition) is 0. The zero-order valence-electron chi connectivity index (χ0n) is 12.6. The Morgan fingerprint density at radius 3 is 2.45 bits per heavy atom. The molecular formula is C17H25NO2. The SMILES string of the molecule is COc1ccccc1N(C)CC1(C=O)CCCCCC1. The van der Waals surface area contributed by atoms with E-state index < -0.39 is 0 Å². The summed E-state index contributed by atoms with van der Waals surface area (Å²) < 4.78 is 5.42. The Labute approximate surface area is 121 Å². The van der Waals surface area contributed by atoms with Crippen LogP contribution in [0.25, 0.3) is 0 Å². The van der Waals surface area contributed by atoms with Crippen LogP contribution in [0.1, 0.15) is 38.5 Å². The van der Waals surface area contributed by atoms with E-state index in [-0.39, 0.29) is 5.41 Å². The smallest absolute Gasteiger partial charge is 0.142 e. The van der Waals surface area contributed by atoms with E-state index in [1.807, 2.05) is 31.3 Å². The molecule has 0 atom stereocenters. The second-order valence-corrected chi connectivity index (χ2v) is 5.92. The molecule has 0 amide bonds. The van der Waals surface area contributed by atoms with Crippen LogP contribution >= 0.6 is 0 Å². The van der Waals surface area contributed by atoms with E-state index in [1.54, 1.807) is 7.11 Å². The Kier molecular flexibility index (Phi) is 5.05. The van der Waals surface area contributed by atoms with Crippen molar-refractivity contribution in [3.63, 3.8) is 0 Å². The number of hydrogen-bond acceptors (Lipinski definition) is 3. The maximum atomic E-state index is 11.7. The van der Waals surface area contributed by atoms with Gasteiger partial charge in [-0.25, -0.2) is 0 Å². The van der Waals surface area contributed by atoms with Crippen molar-refractivity contribution in [2.24, 2.45) is 5.41 Å². The van der Waals surface area contributed by atoms with Crippen molar-refractivity contribution in [3.8, 4) is 5.75 Å². The Morgan fingerprint density at radius 2 is 1.85 bits per heavy atom. The molecule has 0 unspecified atom stereocenters.